The van der Waals surface area contributed by atoms with Crippen LogP contribution in [0.15, 0.2) is 12.7 Å². The largest absolute Gasteiger partial charge is 0.350 e. The van der Waals surface area contributed by atoms with Crippen LogP contribution in [0.3, 0.4) is 0 Å². The quantitative estimate of drug-likeness (QED) is 0.449. The molecule has 2 radical (unpaired) electrons. The van der Waals surface area contributed by atoms with E-state index < -0.39 is 0 Å². The summed E-state index contributed by atoms with van der Waals surface area (Å²) in [4.78, 5) is 23.4. The Bertz CT molecular complexity index is 236. The van der Waals surface area contributed by atoms with E-state index >= 15 is 0 Å². The van der Waals surface area contributed by atoms with Gasteiger partial charge in [-0.3, -0.25) is 9.59 Å². The first-order valence-electron chi connectivity index (χ1n) is 4.08. The van der Waals surface area contributed by atoms with E-state index in [4.69, 9.17) is 7.85 Å². The molecule has 0 aromatic rings. The summed E-state index contributed by atoms with van der Waals surface area (Å²) in [5.74, 6) is -0.283. The lowest BCUT2D eigenvalue weighted by Crippen LogP contribution is -2.60. The summed E-state index contributed by atoms with van der Waals surface area (Å²) < 4.78 is 0. The fourth-order valence-corrected chi connectivity index (χ4v) is 1.17. The van der Waals surface area contributed by atoms with Crippen molar-refractivity contribution in [3.05, 3.63) is 12.7 Å². The molecular formula is C8H11BN2O2. The number of hydrogen-bond donors (Lipinski definition) is 1. The Hall–Kier alpha value is -1.26. The van der Waals surface area contributed by atoms with E-state index in [1.165, 1.54) is 6.08 Å². The highest BCUT2D eigenvalue weighted by molar-refractivity contribution is 6.19. The number of rotatable bonds is 3. The van der Waals surface area contributed by atoms with Crippen LogP contribution in [0.4, 0.5) is 0 Å². The summed E-state index contributed by atoms with van der Waals surface area (Å²) in [5, 5.41) is 2.68. The predicted molar refractivity (Wildman–Crippen MR) is 49.3 cm³/mol. The summed E-state index contributed by atoms with van der Waals surface area (Å²) in [6.07, 6.45) is 1.26. The maximum absolute atomic E-state index is 11.0. The van der Waals surface area contributed by atoms with Gasteiger partial charge in [0.15, 0.2) is 0 Å². The second-order valence-corrected chi connectivity index (χ2v) is 2.92. The van der Waals surface area contributed by atoms with Gasteiger partial charge in [0.25, 0.3) is 0 Å². The molecule has 0 spiro atoms. The lowest BCUT2D eigenvalue weighted by Gasteiger charge is -2.38. The minimum absolute atomic E-state index is 0.00803. The standard InChI is InChI=1S/C8H11BN2O2/c1-2-8(13)11-4-6(5-11)10-7(12)3-9/h2,6H,1,3-5H2,(H,10,12). The third-order valence-electron chi connectivity index (χ3n) is 1.92. The van der Waals surface area contributed by atoms with Gasteiger partial charge in [-0.1, -0.05) is 6.58 Å². The molecular weight excluding hydrogens is 167 g/mol. The third-order valence-corrected chi connectivity index (χ3v) is 1.92. The first kappa shape index (κ1) is 9.83. The van der Waals surface area contributed by atoms with Crippen molar-refractivity contribution in [1.29, 1.82) is 0 Å². The monoisotopic (exact) mass is 178 g/mol. The molecule has 1 fully saturated rings. The topological polar surface area (TPSA) is 49.4 Å². The number of hydrogen-bond acceptors (Lipinski definition) is 2. The van der Waals surface area contributed by atoms with Crippen molar-refractivity contribution in [1.82, 2.24) is 10.2 Å². The molecule has 5 heteroatoms. The second kappa shape index (κ2) is 4.12. The zero-order valence-corrected chi connectivity index (χ0v) is 7.32. The number of amides is 2. The van der Waals surface area contributed by atoms with Crippen molar-refractivity contribution in [2.24, 2.45) is 0 Å². The van der Waals surface area contributed by atoms with Crippen LogP contribution < -0.4 is 5.32 Å². The van der Waals surface area contributed by atoms with Crippen molar-refractivity contribution in [3.8, 4) is 0 Å². The molecule has 0 aliphatic carbocycles. The van der Waals surface area contributed by atoms with Crippen LogP contribution in [0.2, 0.25) is 6.32 Å². The minimum Gasteiger partial charge on any atom is -0.350 e. The number of nitrogens with one attached hydrogen (secondary N) is 1. The highest BCUT2D eigenvalue weighted by Gasteiger charge is 2.29. The molecule has 1 aliphatic heterocycles. The average molecular weight is 178 g/mol. The summed E-state index contributed by atoms with van der Waals surface area (Å²) in [7, 11) is 5.11. The second-order valence-electron chi connectivity index (χ2n) is 2.92. The van der Waals surface area contributed by atoms with Crippen LogP contribution in [0.25, 0.3) is 0 Å². The normalized spacial score (nSPS) is 16.2. The van der Waals surface area contributed by atoms with Crippen LogP contribution in [-0.4, -0.2) is 43.7 Å². The van der Waals surface area contributed by atoms with Gasteiger partial charge in [0, 0.05) is 13.1 Å². The SMILES string of the molecule is [B]CC(=O)NC1CN(C(=O)C=C)C1. The molecule has 1 rings (SSSR count). The molecule has 1 N–H and O–H groups in total. The van der Waals surface area contributed by atoms with Gasteiger partial charge in [-0.15, -0.1) is 0 Å². The van der Waals surface area contributed by atoms with E-state index in [-0.39, 0.29) is 24.2 Å². The van der Waals surface area contributed by atoms with Gasteiger partial charge in [-0.25, -0.2) is 0 Å². The van der Waals surface area contributed by atoms with E-state index in [1.54, 1.807) is 4.90 Å². The van der Waals surface area contributed by atoms with E-state index in [0.717, 1.165) is 0 Å². The molecule has 0 saturated carbocycles. The molecule has 2 amide bonds. The predicted octanol–water partition coefficient (Wildman–Crippen LogP) is -0.914. The molecule has 68 valence electrons. The van der Waals surface area contributed by atoms with E-state index in [2.05, 4.69) is 11.9 Å². The van der Waals surface area contributed by atoms with Crippen molar-refractivity contribution >= 4 is 19.7 Å². The lowest BCUT2D eigenvalue weighted by atomic mass is 10.0. The molecule has 4 nitrogen and oxygen atoms in total. The third kappa shape index (κ3) is 2.34. The van der Waals surface area contributed by atoms with E-state index in [1.807, 2.05) is 0 Å². The van der Waals surface area contributed by atoms with Gasteiger partial charge >= 0.3 is 0 Å². The van der Waals surface area contributed by atoms with Gasteiger partial charge < -0.3 is 10.2 Å². The fourth-order valence-electron chi connectivity index (χ4n) is 1.17. The van der Waals surface area contributed by atoms with Gasteiger partial charge in [-0.05, 0) is 12.4 Å². The number of nitrogens with zero attached hydrogens (tertiary/aromatic N) is 1. The van der Waals surface area contributed by atoms with E-state index in [9.17, 15) is 9.59 Å². The molecule has 0 atom stereocenters. The lowest BCUT2D eigenvalue weighted by molar-refractivity contribution is -0.132. The minimum atomic E-state index is -0.185. The Labute approximate surface area is 78.4 Å². The molecule has 0 bridgehead atoms. The zero-order chi connectivity index (χ0) is 9.84. The van der Waals surface area contributed by atoms with Crippen LogP contribution in [0.5, 0.6) is 0 Å². The first-order chi connectivity index (χ1) is 6.17. The highest BCUT2D eigenvalue weighted by Crippen LogP contribution is 2.07. The molecule has 0 aromatic carbocycles. The van der Waals surface area contributed by atoms with Crippen molar-refractivity contribution in [2.45, 2.75) is 12.4 Å². The van der Waals surface area contributed by atoms with Gasteiger partial charge in [0.1, 0.15) is 0 Å². The average Bonchev–Trinajstić information content (AvgIpc) is 2.08. The molecule has 0 aromatic heterocycles. The number of carbonyl (C=O) groups is 2. The van der Waals surface area contributed by atoms with E-state index in [0.29, 0.717) is 13.1 Å². The smallest absolute Gasteiger partial charge is 0.246 e. The van der Waals surface area contributed by atoms with Crippen molar-refractivity contribution in [3.63, 3.8) is 0 Å². The summed E-state index contributed by atoms with van der Waals surface area (Å²) in [5.41, 5.74) is 0. The Morgan fingerprint density at radius 2 is 2.23 bits per heavy atom. The summed E-state index contributed by atoms with van der Waals surface area (Å²) in [6.45, 7) is 4.47. The summed E-state index contributed by atoms with van der Waals surface area (Å²) >= 11 is 0. The maximum atomic E-state index is 11.0. The van der Waals surface area contributed by atoms with Crippen molar-refractivity contribution in [2.75, 3.05) is 13.1 Å². The fraction of sp³-hybridized carbons (Fsp3) is 0.500. The maximum Gasteiger partial charge on any atom is 0.246 e. The molecule has 1 heterocycles. The van der Waals surface area contributed by atoms with Crippen LogP contribution >= 0.6 is 0 Å². The highest BCUT2D eigenvalue weighted by atomic mass is 16.2. The molecule has 1 aliphatic rings. The molecule has 13 heavy (non-hydrogen) atoms. The zero-order valence-electron chi connectivity index (χ0n) is 7.32. The number of likely N-dealkylation sites (tertiary alicyclic amines) is 1. The Kier molecular flexibility index (Phi) is 3.11. The van der Waals surface area contributed by atoms with Gasteiger partial charge in [0.05, 0.1) is 13.9 Å². The van der Waals surface area contributed by atoms with Crippen LogP contribution in [-0.2, 0) is 9.59 Å². The van der Waals surface area contributed by atoms with Gasteiger partial charge in [-0.2, -0.15) is 0 Å². The Morgan fingerprint density at radius 1 is 1.62 bits per heavy atom. The van der Waals surface area contributed by atoms with Crippen LogP contribution in [0, 0.1) is 0 Å². The Balaban J connectivity index is 2.22. The Morgan fingerprint density at radius 3 is 2.69 bits per heavy atom. The summed E-state index contributed by atoms with van der Waals surface area (Å²) in [6, 6.07) is 0.0555. The molecule has 1 saturated heterocycles. The molecule has 0 unspecified atom stereocenters. The van der Waals surface area contributed by atoms with Crippen LogP contribution in [0.1, 0.15) is 0 Å². The number of carbonyl (C=O) groups excluding carboxylic acids is 2. The van der Waals surface area contributed by atoms with Crippen molar-refractivity contribution < 1.29 is 9.59 Å². The van der Waals surface area contributed by atoms with Gasteiger partial charge in [0.2, 0.25) is 11.8 Å². The first-order valence-corrected chi connectivity index (χ1v) is 4.08.